The van der Waals surface area contributed by atoms with E-state index in [1.807, 2.05) is 32.0 Å². The molecule has 40 heavy (non-hydrogen) atoms. The molecular formula is C29H33N5O6. The van der Waals surface area contributed by atoms with Crippen molar-refractivity contribution in [3.8, 4) is 34.7 Å². The van der Waals surface area contributed by atoms with Crippen LogP contribution in [-0.4, -0.2) is 73.0 Å². The number of rotatable bonds is 7. The number of carbonyl (C=O) groups is 2. The molecule has 1 atom stereocenters. The van der Waals surface area contributed by atoms with Crippen molar-refractivity contribution in [2.75, 3.05) is 13.2 Å². The van der Waals surface area contributed by atoms with Crippen molar-refractivity contribution < 1.29 is 29.1 Å². The Labute approximate surface area is 232 Å². The molecule has 0 aliphatic carbocycles. The van der Waals surface area contributed by atoms with Gasteiger partial charge in [0.05, 0.1) is 18.3 Å². The first-order chi connectivity index (χ1) is 18.9. The van der Waals surface area contributed by atoms with Gasteiger partial charge in [-0.2, -0.15) is 10.2 Å². The van der Waals surface area contributed by atoms with E-state index in [2.05, 4.69) is 16.2 Å². The standard InChI is InChI=1S/C29H33N5O6/c1-17(2)39-24-10-9-18(13-20(24)14-30)26-31-25(32-40-26)22-8-6-7-19-15-33(12-11-21(19)22)27(36)23(16-35)34(28(37)38)29(3,4)5/h6-10,13,17,23,35H,11-12,15-16H2,1-5H3,(H,37,38)/t23-/m0/s1. The van der Waals surface area contributed by atoms with Crippen LogP contribution in [-0.2, 0) is 17.8 Å². The fraction of sp³-hybridized carbons (Fsp3) is 0.414. The number of nitrogens with zero attached hydrogens (tertiary/aromatic N) is 5. The van der Waals surface area contributed by atoms with Crippen LogP contribution in [0, 0.1) is 11.3 Å². The molecule has 4 rings (SSSR count). The lowest BCUT2D eigenvalue weighted by Crippen LogP contribution is -2.59. The second-order valence-electron chi connectivity index (χ2n) is 10.9. The molecule has 0 saturated carbocycles. The third kappa shape index (κ3) is 5.77. The lowest BCUT2D eigenvalue weighted by atomic mass is 9.93. The van der Waals surface area contributed by atoms with Crippen molar-refractivity contribution in [2.45, 2.75) is 65.3 Å². The molecule has 11 heteroatoms. The quantitative estimate of drug-likeness (QED) is 0.445. The second kappa shape index (κ2) is 11.4. The summed E-state index contributed by atoms with van der Waals surface area (Å²) in [7, 11) is 0. The summed E-state index contributed by atoms with van der Waals surface area (Å²) in [5, 5.41) is 33.4. The molecule has 0 fully saturated rings. The van der Waals surface area contributed by atoms with Gasteiger partial charge in [0.1, 0.15) is 17.9 Å². The first kappa shape index (κ1) is 28.6. The highest BCUT2D eigenvalue weighted by atomic mass is 16.5. The van der Waals surface area contributed by atoms with Crippen LogP contribution in [0.3, 0.4) is 0 Å². The van der Waals surface area contributed by atoms with Crippen LogP contribution >= 0.6 is 0 Å². The van der Waals surface area contributed by atoms with Gasteiger partial charge in [-0.25, -0.2) is 4.79 Å². The van der Waals surface area contributed by atoms with Gasteiger partial charge in [-0.05, 0) is 70.4 Å². The van der Waals surface area contributed by atoms with Crippen molar-refractivity contribution in [2.24, 2.45) is 0 Å². The molecule has 210 valence electrons. The van der Waals surface area contributed by atoms with Crippen molar-refractivity contribution in [3.63, 3.8) is 0 Å². The van der Waals surface area contributed by atoms with E-state index in [9.17, 15) is 25.1 Å². The van der Waals surface area contributed by atoms with Gasteiger partial charge in [0.15, 0.2) is 0 Å². The van der Waals surface area contributed by atoms with Crippen molar-refractivity contribution in [1.82, 2.24) is 19.9 Å². The fourth-order valence-corrected chi connectivity index (χ4v) is 4.93. The number of aromatic nitrogens is 2. The van der Waals surface area contributed by atoms with E-state index in [1.54, 1.807) is 43.9 Å². The van der Waals surface area contributed by atoms with E-state index in [-0.39, 0.29) is 18.5 Å². The molecule has 2 N–H and O–H groups in total. The lowest BCUT2D eigenvalue weighted by molar-refractivity contribution is -0.140. The molecular weight excluding hydrogens is 514 g/mol. The minimum absolute atomic E-state index is 0.0763. The van der Waals surface area contributed by atoms with Gasteiger partial charge in [-0.1, -0.05) is 23.4 Å². The van der Waals surface area contributed by atoms with E-state index in [4.69, 9.17) is 9.26 Å². The normalized spacial score (nSPS) is 13.9. The molecule has 1 aliphatic heterocycles. The average molecular weight is 548 g/mol. The van der Waals surface area contributed by atoms with Crippen LogP contribution in [0.2, 0.25) is 0 Å². The van der Waals surface area contributed by atoms with E-state index < -0.39 is 30.2 Å². The summed E-state index contributed by atoms with van der Waals surface area (Å²) < 4.78 is 11.2. The van der Waals surface area contributed by atoms with Gasteiger partial charge in [-0.15, -0.1) is 0 Å². The Balaban J connectivity index is 1.58. The summed E-state index contributed by atoms with van der Waals surface area (Å²) in [5.41, 5.74) is 2.68. The first-order valence-corrected chi connectivity index (χ1v) is 13.0. The first-order valence-electron chi connectivity index (χ1n) is 13.0. The zero-order valence-corrected chi connectivity index (χ0v) is 23.2. The number of benzene rings is 2. The Bertz CT molecular complexity index is 1450. The van der Waals surface area contributed by atoms with Crippen LogP contribution in [0.15, 0.2) is 40.9 Å². The highest BCUT2D eigenvalue weighted by Gasteiger charge is 2.39. The van der Waals surface area contributed by atoms with E-state index in [1.165, 1.54) is 0 Å². The summed E-state index contributed by atoms with van der Waals surface area (Å²) in [5.74, 6) is 0.672. The number of amides is 2. The molecule has 3 aromatic rings. The van der Waals surface area contributed by atoms with Crippen molar-refractivity contribution in [3.05, 3.63) is 53.1 Å². The van der Waals surface area contributed by atoms with Crippen LogP contribution < -0.4 is 4.74 Å². The minimum Gasteiger partial charge on any atom is -0.490 e. The predicted octanol–water partition coefficient (Wildman–Crippen LogP) is 4.09. The fourth-order valence-electron chi connectivity index (χ4n) is 4.93. The Hall–Kier alpha value is -4.43. The van der Waals surface area contributed by atoms with Crippen LogP contribution in [0.25, 0.3) is 22.8 Å². The second-order valence-corrected chi connectivity index (χ2v) is 10.9. The molecule has 2 heterocycles. The lowest BCUT2D eigenvalue weighted by Gasteiger charge is -2.41. The number of fused-ring (bicyclic) bond motifs is 1. The summed E-state index contributed by atoms with van der Waals surface area (Å²) in [6.45, 7) is 8.80. The third-order valence-electron chi connectivity index (χ3n) is 6.65. The SMILES string of the molecule is CC(C)Oc1ccc(-c2nc(-c3cccc4c3CCN(C(=O)[C@H](CO)N(C(=O)O)C(C)(C)C)C4)no2)cc1C#N. The molecule has 1 aliphatic rings. The number of nitriles is 1. The highest BCUT2D eigenvalue weighted by Crippen LogP contribution is 2.32. The summed E-state index contributed by atoms with van der Waals surface area (Å²) in [6.07, 6.45) is -0.856. The van der Waals surface area contributed by atoms with Gasteiger partial charge in [0.25, 0.3) is 5.89 Å². The molecule has 2 amide bonds. The molecule has 1 aromatic heterocycles. The monoisotopic (exact) mass is 547 g/mol. The van der Waals surface area contributed by atoms with Crippen LogP contribution in [0.5, 0.6) is 5.75 Å². The molecule has 0 unspecified atom stereocenters. The molecule has 11 nitrogen and oxygen atoms in total. The average Bonchev–Trinajstić information content (AvgIpc) is 3.39. The number of carbonyl (C=O) groups excluding carboxylic acids is 1. The maximum atomic E-state index is 13.4. The summed E-state index contributed by atoms with van der Waals surface area (Å²) >= 11 is 0. The van der Waals surface area contributed by atoms with Crippen LogP contribution in [0.1, 0.15) is 51.3 Å². The van der Waals surface area contributed by atoms with Gasteiger partial charge in [0.2, 0.25) is 11.7 Å². The Morgan fingerprint density at radius 2 is 2.00 bits per heavy atom. The number of hydrogen-bond donors (Lipinski definition) is 2. The Kier molecular flexibility index (Phi) is 8.11. The van der Waals surface area contributed by atoms with Gasteiger partial charge >= 0.3 is 6.09 Å². The number of hydrogen-bond acceptors (Lipinski definition) is 8. The molecule has 0 radical (unpaired) electrons. The smallest absolute Gasteiger partial charge is 0.408 e. The van der Waals surface area contributed by atoms with E-state index >= 15 is 0 Å². The molecule has 0 bridgehead atoms. The maximum absolute atomic E-state index is 13.4. The minimum atomic E-state index is -1.27. The zero-order chi connectivity index (χ0) is 29.2. The zero-order valence-electron chi connectivity index (χ0n) is 23.2. The third-order valence-corrected chi connectivity index (χ3v) is 6.65. The van der Waals surface area contributed by atoms with Crippen LogP contribution in [0.4, 0.5) is 4.79 Å². The summed E-state index contributed by atoms with van der Waals surface area (Å²) in [6, 6.07) is 11.7. The Morgan fingerprint density at radius 3 is 2.62 bits per heavy atom. The van der Waals surface area contributed by atoms with Gasteiger partial charge in [-0.3, -0.25) is 9.69 Å². The van der Waals surface area contributed by atoms with E-state index in [0.717, 1.165) is 21.6 Å². The molecule has 2 aromatic carbocycles. The van der Waals surface area contributed by atoms with E-state index in [0.29, 0.717) is 35.7 Å². The summed E-state index contributed by atoms with van der Waals surface area (Å²) in [4.78, 5) is 32.5. The number of aliphatic hydroxyl groups excluding tert-OH is 1. The van der Waals surface area contributed by atoms with Crippen molar-refractivity contribution in [1.29, 1.82) is 5.26 Å². The number of ether oxygens (including phenoxy) is 1. The van der Waals surface area contributed by atoms with Gasteiger partial charge < -0.3 is 24.4 Å². The highest BCUT2D eigenvalue weighted by molar-refractivity contribution is 5.86. The molecule has 0 spiro atoms. The predicted molar refractivity (Wildman–Crippen MR) is 145 cm³/mol. The Morgan fingerprint density at radius 1 is 1.25 bits per heavy atom. The van der Waals surface area contributed by atoms with Gasteiger partial charge in [0, 0.05) is 29.8 Å². The largest absolute Gasteiger partial charge is 0.490 e. The number of aliphatic hydroxyl groups is 1. The topological polar surface area (TPSA) is 153 Å². The number of carboxylic acid groups (broad SMARTS) is 1. The maximum Gasteiger partial charge on any atom is 0.408 e. The van der Waals surface area contributed by atoms with Crippen molar-refractivity contribution >= 4 is 12.0 Å². The molecule has 0 saturated heterocycles.